The van der Waals surface area contributed by atoms with Gasteiger partial charge in [-0.1, -0.05) is 43.7 Å². The Morgan fingerprint density at radius 1 is 1.13 bits per heavy atom. The lowest BCUT2D eigenvalue weighted by atomic mass is 9.64. The van der Waals surface area contributed by atoms with Gasteiger partial charge in [0.15, 0.2) is 11.5 Å². The number of allylic oxidation sites excluding steroid dienone is 1. The minimum atomic E-state index is -0.937. The van der Waals surface area contributed by atoms with E-state index in [1.807, 2.05) is 12.1 Å². The van der Waals surface area contributed by atoms with Crippen molar-refractivity contribution in [2.24, 2.45) is 23.7 Å². The maximum absolute atomic E-state index is 11.0. The number of carbonyl (C=O) groups is 1. The van der Waals surface area contributed by atoms with Crippen LogP contribution in [0.5, 0.6) is 11.5 Å². The summed E-state index contributed by atoms with van der Waals surface area (Å²) in [7, 11) is 1.64. The zero-order valence-electron chi connectivity index (χ0n) is 18.5. The van der Waals surface area contributed by atoms with Crippen molar-refractivity contribution in [3.63, 3.8) is 0 Å². The summed E-state index contributed by atoms with van der Waals surface area (Å²) in [5.74, 6) is 2.47. The molecule has 1 aliphatic heterocycles. The molecule has 0 unspecified atom stereocenters. The van der Waals surface area contributed by atoms with E-state index in [0.717, 1.165) is 17.7 Å². The van der Waals surface area contributed by atoms with E-state index in [9.17, 15) is 4.79 Å². The first-order valence-electron chi connectivity index (χ1n) is 10.8. The number of benzene rings is 2. The van der Waals surface area contributed by atoms with Gasteiger partial charge in [0.05, 0.1) is 25.4 Å². The Labute approximate surface area is 183 Å². The number of hydrogen-bond donors (Lipinski definition) is 1. The molecule has 0 spiro atoms. The van der Waals surface area contributed by atoms with E-state index in [-0.39, 0.29) is 11.7 Å². The molecule has 2 bridgehead atoms. The van der Waals surface area contributed by atoms with Gasteiger partial charge in [0, 0.05) is 5.92 Å². The lowest BCUT2D eigenvalue weighted by Gasteiger charge is -2.47. The Hall–Kier alpha value is -2.79. The van der Waals surface area contributed by atoms with E-state index >= 15 is 0 Å². The predicted molar refractivity (Wildman–Crippen MR) is 118 cm³/mol. The fourth-order valence-corrected chi connectivity index (χ4v) is 5.13. The number of carboxylic acids is 1. The Morgan fingerprint density at radius 2 is 1.87 bits per heavy atom. The molecule has 4 rings (SSSR count). The van der Waals surface area contributed by atoms with Crippen molar-refractivity contribution >= 4 is 5.97 Å². The Morgan fingerprint density at radius 3 is 2.55 bits per heavy atom. The molecule has 1 heterocycles. The van der Waals surface area contributed by atoms with Gasteiger partial charge in [0.25, 0.3) is 0 Å². The first-order valence-corrected chi connectivity index (χ1v) is 10.8. The SMILES string of the molecule is COc1cc([C@@H]2OC[C@@H]3[C@H](C)[C@@H]2C(C)=C[C@@H]3C)ccc1OCc1ccc(C(=O)O)cc1. The molecular weight excluding hydrogens is 392 g/mol. The lowest BCUT2D eigenvalue weighted by molar-refractivity contribution is -0.0935. The fraction of sp³-hybridized carbons (Fsp3) is 0.423. The van der Waals surface area contributed by atoms with Crippen LogP contribution in [0.25, 0.3) is 0 Å². The summed E-state index contributed by atoms with van der Waals surface area (Å²) in [6.07, 6.45) is 2.43. The average molecular weight is 423 g/mol. The van der Waals surface area contributed by atoms with Gasteiger partial charge < -0.3 is 19.3 Å². The molecule has 0 aromatic heterocycles. The van der Waals surface area contributed by atoms with Gasteiger partial charge in [0.1, 0.15) is 6.61 Å². The van der Waals surface area contributed by atoms with Crippen LogP contribution in [0.2, 0.25) is 0 Å². The smallest absolute Gasteiger partial charge is 0.335 e. The third-order valence-corrected chi connectivity index (χ3v) is 6.87. The number of aromatic carboxylic acids is 1. The van der Waals surface area contributed by atoms with Crippen molar-refractivity contribution in [2.75, 3.05) is 13.7 Å². The van der Waals surface area contributed by atoms with Crippen LogP contribution in [0, 0.1) is 23.7 Å². The van der Waals surface area contributed by atoms with Crippen LogP contribution < -0.4 is 9.47 Å². The van der Waals surface area contributed by atoms with Gasteiger partial charge in [-0.25, -0.2) is 4.79 Å². The third kappa shape index (κ3) is 4.19. The molecule has 0 saturated carbocycles. The fourth-order valence-electron chi connectivity index (χ4n) is 5.13. The standard InChI is InChI=1S/C26H30O5/c1-15-11-16(2)24-17(3)21(15)14-31-25(24)20-9-10-22(23(12-20)29-4)30-13-18-5-7-19(8-6-18)26(27)28/h5-12,15,17,21,24-25H,13-14H2,1-4H3,(H,27,28)/t15-,17-,21-,24-,25-/m0/s1. The summed E-state index contributed by atoms with van der Waals surface area (Å²) in [5.41, 5.74) is 3.66. The van der Waals surface area contributed by atoms with Gasteiger partial charge >= 0.3 is 5.97 Å². The van der Waals surface area contributed by atoms with Crippen LogP contribution in [0.15, 0.2) is 54.1 Å². The molecule has 2 aliphatic rings. The molecule has 1 saturated heterocycles. The summed E-state index contributed by atoms with van der Waals surface area (Å²) in [4.78, 5) is 11.0. The highest BCUT2D eigenvalue weighted by molar-refractivity contribution is 5.87. The molecule has 5 nitrogen and oxygen atoms in total. The van der Waals surface area contributed by atoms with E-state index in [4.69, 9.17) is 19.3 Å². The monoisotopic (exact) mass is 422 g/mol. The predicted octanol–water partition coefficient (Wildman–Crippen LogP) is 5.51. The topological polar surface area (TPSA) is 65.0 Å². The van der Waals surface area contributed by atoms with E-state index in [0.29, 0.717) is 41.8 Å². The number of hydrogen-bond acceptors (Lipinski definition) is 4. The second-order valence-electron chi connectivity index (χ2n) is 8.77. The highest BCUT2D eigenvalue weighted by atomic mass is 16.5. The second-order valence-corrected chi connectivity index (χ2v) is 8.77. The number of rotatable bonds is 6. The molecule has 2 aromatic carbocycles. The Kier molecular flexibility index (Phi) is 6.05. The molecule has 5 heteroatoms. The quantitative estimate of drug-likeness (QED) is 0.622. The molecule has 0 radical (unpaired) electrons. The Balaban J connectivity index is 1.52. The van der Waals surface area contributed by atoms with Gasteiger partial charge in [-0.3, -0.25) is 0 Å². The van der Waals surface area contributed by atoms with Gasteiger partial charge in [-0.05, 0) is 60.1 Å². The van der Waals surface area contributed by atoms with E-state index in [1.54, 1.807) is 31.4 Å². The van der Waals surface area contributed by atoms with Crippen LogP contribution in [0.1, 0.15) is 48.4 Å². The highest BCUT2D eigenvalue weighted by Gasteiger charge is 2.43. The molecule has 1 aliphatic carbocycles. The zero-order chi connectivity index (χ0) is 22.1. The van der Waals surface area contributed by atoms with Crippen molar-refractivity contribution in [3.8, 4) is 11.5 Å². The number of fused-ring (bicyclic) bond motifs is 2. The molecule has 164 valence electrons. The van der Waals surface area contributed by atoms with Crippen LogP contribution in [0.3, 0.4) is 0 Å². The molecule has 2 aromatic rings. The number of carboxylic acid groups (broad SMARTS) is 1. The summed E-state index contributed by atoms with van der Waals surface area (Å²) < 4.78 is 17.9. The van der Waals surface area contributed by atoms with E-state index in [2.05, 4.69) is 32.9 Å². The normalized spacial score (nSPS) is 27.4. The molecule has 5 atom stereocenters. The molecule has 31 heavy (non-hydrogen) atoms. The van der Waals surface area contributed by atoms with Crippen LogP contribution >= 0.6 is 0 Å². The maximum Gasteiger partial charge on any atom is 0.335 e. The largest absolute Gasteiger partial charge is 0.493 e. The number of methoxy groups -OCH3 is 1. The van der Waals surface area contributed by atoms with E-state index < -0.39 is 5.97 Å². The summed E-state index contributed by atoms with van der Waals surface area (Å²) >= 11 is 0. The first kappa shape index (κ1) is 21.4. The van der Waals surface area contributed by atoms with Crippen molar-refractivity contribution < 1.29 is 24.1 Å². The van der Waals surface area contributed by atoms with Crippen molar-refractivity contribution in [1.29, 1.82) is 0 Å². The summed E-state index contributed by atoms with van der Waals surface area (Å²) in [6.45, 7) is 7.97. The minimum absolute atomic E-state index is 0.0153. The molecule has 1 N–H and O–H groups in total. The lowest BCUT2D eigenvalue weighted by Crippen LogP contribution is -2.42. The highest BCUT2D eigenvalue weighted by Crippen LogP contribution is 2.50. The maximum atomic E-state index is 11.0. The Bertz CT molecular complexity index is 978. The van der Waals surface area contributed by atoms with Crippen molar-refractivity contribution in [1.82, 2.24) is 0 Å². The summed E-state index contributed by atoms with van der Waals surface area (Å²) in [5, 5.41) is 9.02. The van der Waals surface area contributed by atoms with Crippen LogP contribution in [0.4, 0.5) is 0 Å². The van der Waals surface area contributed by atoms with Gasteiger partial charge in [-0.2, -0.15) is 0 Å². The van der Waals surface area contributed by atoms with Crippen LogP contribution in [-0.4, -0.2) is 24.8 Å². The van der Waals surface area contributed by atoms with Crippen molar-refractivity contribution in [3.05, 3.63) is 70.8 Å². The number of ether oxygens (including phenoxy) is 3. The molecule has 0 amide bonds. The van der Waals surface area contributed by atoms with Crippen LogP contribution in [-0.2, 0) is 11.3 Å². The third-order valence-electron chi connectivity index (χ3n) is 6.87. The van der Waals surface area contributed by atoms with E-state index in [1.165, 1.54) is 5.57 Å². The second kappa shape index (κ2) is 8.75. The van der Waals surface area contributed by atoms with Crippen molar-refractivity contribution in [2.45, 2.75) is 33.5 Å². The van der Waals surface area contributed by atoms with Gasteiger partial charge in [-0.15, -0.1) is 0 Å². The average Bonchev–Trinajstić information content (AvgIpc) is 2.76. The summed E-state index contributed by atoms with van der Waals surface area (Å²) in [6, 6.07) is 12.7. The first-order chi connectivity index (χ1) is 14.9. The zero-order valence-corrected chi connectivity index (χ0v) is 18.5. The van der Waals surface area contributed by atoms with Gasteiger partial charge in [0.2, 0.25) is 0 Å². The molecular formula is C26H30O5. The molecule has 1 fully saturated rings. The minimum Gasteiger partial charge on any atom is -0.493 e.